The van der Waals surface area contributed by atoms with Gasteiger partial charge in [-0.1, -0.05) is 18.2 Å². The molecular formula is C24H23N5O3. The highest BCUT2D eigenvalue weighted by Crippen LogP contribution is 2.27. The SMILES string of the molecule is Cc1cc(=O)oc2cc(Oc3nc(Nc4ccccc4)nc(N4CCCCC4)n3)ccc12. The average molecular weight is 429 g/mol. The Bertz CT molecular complexity index is 1300. The predicted molar refractivity (Wildman–Crippen MR) is 123 cm³/mol. The predicted octanol–water partition coefficient (Wildman–Crippen LogP) is 4.81. The van der Waals surface area contributed by atoms with E-state index in [1.165, 1.54) is 12.5 Å². The van der Waals surface area contributed by atoms with Crippen LogP contribution in [-0.2, 0) is 0 Å². The Morgan fingerprint density at radius 3 is 2.59 bits per heavy atom. The zero-order chi connectivity index (χ0) is 21.9. The van der Waals surface area contributed by atoms with Crippen LogP contribution in [0.2, 0.25) is 0 Å². The Morgan fingerprint density at radius 2 is 1.78 bits per heavy atom. The third-order valence-corrected chi connectivity index (χ3v) is 5.40. The molecule has 5 rings (SSSR count). The van der Waals surface area contributed by atoms with E-state index in [2.05, 4.69) is 25.2 Å². The zero-order valence-corrected chi connectivity index (χ0v) is 17.7. The van der Waals surface area contributed by atoms with Gasteiger partial charge in [0.05, 0.1) is 0 Å². The van der Waals surface area contributed by atoms with Gasteiger partial charge in [0, 0.05) is 36.3 Å². The third-order valence-electron chi connectivity index (χ3n) is 5.40. The maximum atomic E-state index is 11.8. The van der Waals surface area contributed by atoms with E-state index in [0.29, 0.717) is 23.2 Å². The summed E-state index contributed by atoms with van der Waals surface area (Å²) >= 11 is 0. The molecule has 32 heavy (non-hydrogen) atoms. The molecule has 0 aliphatic carbocycles. The number of fused-ring (bicyclic) bond motifs is 1. The fourth-order valence-electron chi connectivity index (χ4n) is 3.81. The van der Waals surface area contributed by atoms with Crippen molar-refractivity contribution in [2.24, 2.45) is 0 Å². The van der Waals surface area contributed by atoms with Gasteiger partial charge in [-0.05, 0) is 56.0 Å². The fourth-order valence-corrected chi connectivity index (χ4v) is 3.81. The topological polar surface area (TPSA) is 93.4 Å². The highest BCUT2D eigenvalue weighted by atomic mass is 16.5. The van der Waals surface area contributed by atoms with Gasteiger partial charge in [0.1, 0.15) is 11.3 Å². The van der Waals surface area contributed by atoms with Gasteiger partial charge in [0.25, 0.3) is 0 Å². The van der Waals surface area contributed by atoms with Crippen LogP contribution in [0.1, 0.15) is 24.8 Å². The van der Waals surface area contributed by atoms with Gasteiger partial charge in [-0.15, -0.1) is 0 Å². The number of aromatic nitrogens is 3. The van der Waals surface area contributed by atoms with Gasteiger partial charge in [-0.25, -0.2) is 4.79 Å². The number of rotatable bonds is 5. The van der Waals surface area contributed by atoms with Gasteiger partial charge >= 0.3 is 11.6 Å². The smallest absolute Gasteiger partial charge is 0.336 e. The lowest BCUT2D eigenvalue weighted by Gasteiger charge is -2.26. The molecule has 0 spiro atoms. The number of para-hydroxylation sites is 1. The molecule has 8 nitrogen and oxygen atoms in total. The number of ether oxygens (including phenoxy) is 1. The molecule has 0 atom stereocenters. The summed E-state index contributed by atoms with van der Waals surface area (Å²) in [5.41, 5.74) is 1.79. The van der Waals surface area contributed by atoms with E-state index in [1.807, 2.05) is 49.4 Å². The molecule has 4 aromatic rings. The molecule has 8 heteroatoms. The van der Waals surface area contributed by atoms with E-state index in [4.69, 9.17) is 9.15 Å². The highest BCUT2D eigenvalue weighted by Gasteiger charge is 2.18. The van der Waals surface area contributed by atoms with Crippen LogP contribution < -0.4 is 20.6 Å². The van der Waals surface area contributed by atoms with Crippen molar-refractivity contribution in [1.29, 1.82) is 0 Å². The van der Waals surface area contributed by atoms with Gasteiger partial charge in [-0.3, -0.25) is 0 Å². The minimum absolute atomic E-state index is 0.174. The van der Waals surface area contributed by atoms with Gasteiger partial charge < -0.3 is 19.4 Å². The minimum atomic E-state index is -0.394. The molecular weight excluding hydrogens is 406 g/mol. The zero-order valence-electron chi connectivity index (χ0n) is 17.7. The normalized spacial score (nSPS) is 13.8. The van der Waals surface area contributed by atoms with Crippen molar-refractivity contribution in [1.82, 2.24) is 15.0 Å². The number of aryl methyl sites for hydroxylation is 1. The minimum Gasteiger partial charge on any atom is -0.424 e. The van der Waals surface area contributed by atoms with Gasteiger partial charge in [-0.2, -0.15) is 15.0 Å². The van der Waals surface area contributed by atoms with Crippen molar-refractivity contribution in [2.45, 2.75) is 26.2 Å². The van der Waals surface area contributed by atoms with E-state index in [0.717, 1.165) is 42.6 Å². The third kappa shape index (κ3) is 4.39. The van der Waals surface area contributed by atoms with E-state index in [-0.39, 0.29) is 6.01 Å². The quantitative estimate of drug-likeness (QED) is 0.452. The van der Waals surface area contributed by atoms with Crippen LogP contribution >= 0.6 is 0 Å². The molecule has 0 amide bonds. The number of hydrogen-bond acceptors (Lipinski definition) is 8. The summed E-state index contributed by atoms with van der Waals surface area (Å²) in [6.45, 7) is 3.67. The van der Waals surface area contributed by atoms with Crippen LogP contribution in [0.4, 0.5) is 17.6 Å². The largest absolute Gasteiger partial charge is 0.424 e. The van der Waals surface area contributed by atoms with Crippen LogP contribution in [0.3, 0.4) is 0 Å². The lowest BCUT2D eigenvalue weighted by Crippen LogP contribution is -2.31. The Kier molecular flexibility index (Phi) is 5.41. The lowest BCUT2D eigenvalue weighted by atomic mass is 10.1. The molecule has 1 aliphatic rings. The Labute approximate surface area is 184 Å². The number of anilines is 3. The highest BCUT2D eigenvalue weighted by molar-refractivity contribution is 5.81. The number of benzene rings is 2. The first-order valence-corrected chi connectivity index (χ1v) is 10.7. The second kappa shape index (κ2) is 8.66. The summed E-state index contributed by atoms with van der Waals surface area (Å²) in [4.78, 5) is 27.5. The summed E-state index contributed by atoms with van der Waals surface area (Å²) in [5, 5.41) is 4.08. The molecule has 1 N–H and O–H groups in total. The van der Waals surface area contributed by atoms with Crippen molar-refractivity contribution in [3.05, 3.63) is 70.6 Å². The first-order chi connectivity index (χ1) is 15.6. The second-order valence-electron chi connectivity index (χ2n) is 7.79. The lowest BCUT2D eigenvalue weighted by molar-refractivity contribution is 0.437. The standard InChI is InChI=1S/C24H23N5O3/c1-16-14-21(30)32-20-15-18(10-11-19(16)20)31-24-27-22(25-17-8-4-2-5-9-17)26-23(28-24)29-12-6-3-7-13-29/h2,4-5,8-11,14-15H,3,6-7,12-13H2,1H3,(H,25,26,27,28). The molecule has 0 saturated carbocycles. The van der Waals surface area contributed by atoms with E-state index in [9.17, 15) is 4.79 Å². The molecule has 0 radical (unpaired) electrons. The summed E-state index contributed by atoms with van der Waals surface area (Å²) in [5.74, 6) is 1.47. The summed E-state index contributed by atoms with van der Waals surface area (Å²) in [6, 6.07) is 16.7. The van der Waals surface area contributed by atoms with Crippen LogP contribution in [-0.4, -0.2) is 28.0 Å². The monoisotopic (exact) mass is 429 g/mol. The van der Waals surface area contributed by atoms with Crippen molar-refractivity contribution < 1.29 is 9.15 Å². The molecule has 0 bridgehead atoms. The molecule has 2 aromatic heterocycles. The van der Waals surface area contributed by atoms with Gasteiger partial charge in [0.15, 0.2) is 0 Å². The van der Waals surface area contributed by atoms with Crippen LogP contribution in [0.25, 0.3) is 11.0 Å². The Morgan fingerprint density at radius 1 is 0.969 bits per heavy atom. The molecule has 0 unspecified atom stereocenters. The van der Waals surface area contributed by atoms with Crippen LogP contribution in [0.5, 0.6) is 11.8 Å². The van der Waals surface area contributed by atoms with E-state index in [1.54, 1.807) is 6.07 Å². The Balaban J connectivity index is 1.49. The first-order valence-electron chi connectivity index (χ1n) is 10.7. The maximum Gasteiger partial charge on any atom is 0.336 e. The molecule has 2 aromatic carbocycles. The average Bonchev–Trinajstić information content (AvgIpc) is 2.80. The summed E-state index contributed by atoms with van der Waals surface area (Å²) < 4.78 is 11.3. The number of piperidine rings is 1. The molecule has 1 saturated heterocycles. The number of hydrogen-bond donors (Lipinski definition) is 1. The van der Waals surface area contributed by atoms with Crippen molar-refractivity contribution in [2.75, 3.05) is 23.3 Å². The van der Waals surface area contributed by atoms with Crippen LogP contribution in [0, 0.1) is 6.92 Å². The fraction of sp³-hybridized carbons (Fsp3) is 0.250. The molecule has 1 fully saturated rings. The Hall–Kier alpha value is -3.94. The van der Waals surface area contributed by atoms with E-state index >= 15 is 0 Å². The molecule has 162 valence electrons. The van der Waals surface area contributed by atoms with E-state index < -0.39 is 5.63 Å². The maximum absolute atomic E-state index is 11.8. The molecule has 1 aliphatic heterocycles. The summed E-state index contributed by atoms with van der Waals surface area (Å²) in [7, 11) is 0. The van der Waals surface area contributed by atoms with Crippen LogP contribution in [0.15, 0.2) is 63.8 Å². The van der Waals surface area contributed by atoms with Crippen molar-refractivity contribution >= 4 is 28.6 Å². The second-order valence-corrected chi connectivity index (χ2v) is 7.79. The van der Waals surface area contributed by atoms with Crippen molar-refractivity contribution in [3.8, 4) is 11.8 Å². The number of nitrogens with zero attached hydrogens (tertiary/aromatic N) is 4. The number of nitrogens with one attached hydrogen (secondary N) is 1. The summed E-state index contributed by atoms with van der Waals surface area (Å²) in [6.07, 6.45) is 3.42. The first kappa shape index (κ1) is 20.0. The molecule has 3 heterocycles. The van der Waals surface area contributed by atoms with Crippen molar-refractivity contribution in [3.63, 3.8) is 0 Å². The van der Waals surface area contributed by atoms with Gasteiger partial charge in [0.2, 0.25) is 11.9 Å².